The van der Waals surface area contributed by atoms with Crippen molar-refractivity contribution < 1.29 is 14.6 Å². The summed E-state index contributed by atoms with van der Waals surface area (Å²) in [5, 5.41) is 11.3. The van der Waals surface area contributed by atoms with Crippen molar-refractivity contribution in [2.45, 2.75) is 20.0 Å². The van der Waals surface area contributed by atoms with E-state index in [4.69, 9.17) is 21.1 Å². The zero-order valence-corrected chi connectivity index (χ0v) is 13.4. The minimum atomic E-state index is -0.841. The second-order valence-electron chi connectivity index (χ2n) is 4.92. The van der Waals surface area contributed by atoms with Crippen LogP contribution < -0.4 is 9.47 Å². The van der Waals surface area contributed by atoms with E-state index in [1.54, 1.807) is 32.4 Å². The highest BCUT2D eigenvalue weighted by atomic mass is 35.5. The number of hydrogen-bond donors (Lipinski definition) is 1. The molecule has 0 aromatic heterocycles. The van der Waals surface area contributed by atoms with E-state index in [1.807, 2.05) is 26.0 Å². The summed E-state index contributed by atoms with van der Waals surface area (Å²) in [6.45, 7) is 3.99. The van der Waals surface area contributed by atoms with E-state index in [0.717, 1.165) is 11.1 Å². The van der Waals surface area contributed by atoms with Crippen LogP contribution in [0.2, 0.25) is 5.02 Å². The third kappa shape index (κ3) is 2.99. The first-order valence-corrected chi connectivity index (χ1v) is 7.03. The summed E-state index contributed by atoms with van der Waals surface area (Å²) in [7, 11) is 3.16. The Labute approximate surface area is 130 Å². The van der Waals surface area contributed by atoms with Gasteiger partial charge in [0.1, 0.15) is 17.6 Å². The molecule has 0 aliphatic heterocycles. The molecule has 2 aromatic carbocycles. The highest BCUT2D eigenvalue weighted by Gasteiger charge is 2.21. The summed E-state index contributed by atoms with van der Waals surface area (Å²) in [4.78, 5) is 0. The fourth-order valence-corrected chi connectivity index (χ4v) is 2.54. The Morgan fingerprint density at radius 1 is 1.00 bits per heavy atom. The predicted octanol–water partition coefficient (Wildman–Crippen LogP) is 4.06. The molecule has 0 amide bonds. The van der Waals surface area contributed by atoms with Gasteiger partial charge in [-0.05, 0) is 37.1 Å². The Bertz CT molecular complexity index is 653. The molecule has 0 aliphatic carbocycles. The lowest BCUT2D eigenvalue weighted by Gasteiger charge is -2.20. The van der Waals surface area contributed by atoms with Crippen LogP contribution in [0.4, 0.5) is 0 Å². The Balaban J connectivity index is 2.55. The van der Waals surface area contributed by atoms with E-state index in [-0.39, 0.29) is 0 Å². The number of benzene rings is 2. The number of ether oxygens (including phenoxy) is 2. The number of rotatable bonds is 4. The molecule has 0 saturated heterocycles. The molecule has 3 nitrogen and oxygen atoms in total. The smallest absolute Gasteiger partial charge is 0.128 e. The highest BCUT2D eigenvalue weighted by Crippen LogP contribution is 2.38. The fourth-order valence-electron chi connectivity index (χ4n) is 2.38. The van der Waals surface area contributed by atoms with E-state index in [1.165, 1.54) is 0 Å². The lowest BCUT2D eigenvalue weighted by molar-refractivity contribution is 0.209. The molecule has 0 fully saturated rings. The van der Waals surface area contributed by atoms with Gasteiger partial charge in [0.05, 0.1) is 14.2 Å². The lowest BCUT2D eigenvalue weighted by Crippen LogP contribution is -2.06. The number of halogens is 1. The van der Waals surface area contributed by atoms with E-state index >= 15 is 0 Å². The van der Waals surface area contributed by atoms with E-state index in [2.05, 4.69) is 0 Å². The van der Waals surface area contributed by atoms with Gasteiger partial charge in [0, 0.05) is 16.1 Å². The standard InChI is InChI=1S/C17H19ClO3/c1-10-5-7-14(17(21-4)11(10)2)16(19)13-8-6-12(18)9-15(13)20-3/h5-9,16,19H,1-4H3. The average molecular weight is 307 g/mol. The molecule has 0 radical (unpaired) electrons. The van der Waals surface area contributed by atoms with Gasteiger partial charge >= 0.3 is 0 Å². The summed E-state index contributed by atoms with van der Waals surface area (Å²) in [6, 6.07) is 9.03. The Morgan fingerprint density at radius 2 is 1.67 bits per heavy atom. The molecule has 0 spiro atoms. The third-order valence-corrected chi connectivity index (χ3v) is 3.93. The fraction of sp³-hybridized carbons (Fsp3) is 0.294. The van der Waals surface area contributed by atoms with Gasteiger partial charge in [-0.1, -0.05) is 29.8 Å². The lowest BCUT2D eigenvalue weighted by atomic mass is 9.96. The average Bonchev–Trinajstić information content (AvgIpc) is 2.49. The monoisotopic (exact) mass is 306 g/mol. The van der Waals surface area contributed by atoms with Crippen molar-refractivity contribution in [1.82, 2.24) is 0 Å². The van der Waals surface area contributed by atoms with Crippen molar-refractivity contribution in [1.29, 1.82) is 0 Å². The molecule has 2 rings (SSSR count). The first-order valence-electron chi connectivity index (χ1n) is 6.65. The Morgan fingerprint density at radius 3 is 2.29 bits per heavy atom. The number of methoxy groups -OCH3 is 2. The van der Waals surface area contributed by atoms with Crippen molar-refractivity contribution in [2.75, 3.05) is 14.2 Å². The maximum absolute atomic E-state index is 10.7. The van der Waals surface area contributed by atoms with Crippen LogP contribution in [0.15, 0.2) is 30.3 Å². The van der Waals surface area contributed by atoms with Gasteiger partial charge in [-0.2, -0.15) is 0 Å². The molecular formula is C17H19ClO3. The van der Waals surface area contributed by atoms with Crippen LogP contribution >= 0.6 is 11.6 Å². The molecule has 0 heterocycles. The molecule has 1 N–H and O–H groups in total. The molecule has 4 heteroatoms. The molecule has 1 atom stereocenters. The molecule has 2 aromatic rings. The summed E-state index contributed by atoms with van der Waals surface area (Å²) in [5.41, 5.74) is 3.50. The highest BCUT2D eigenvalue weighted by molar-refractivity contribution is 6.30. The van der Waals surface area contributed by atoms with E-state index in [0.29, 0.717) is 27.6 Å². The van der Waals surface area contributed by atoms with Crippen molar-refractivity contribution in [2.24, 2.45) is 0 Å². The van der Waals surface area contributed by atoms with Gasteiger partial charge in [-0.15, -0.1) is 0 Å². The molecule has 0 bridgehead atoms. The van der Waals surface area contributed by atoms with Gasteiger partial charge in [-0.3, -0.25) is 0 Å². The first kappa shape index (κ1) is 15.7. The van der Waals surface area contributed by atoms with Gasteiger partial charge in [0.25, 0.3) is 0 Å². The van der Waals surface area contributed by atoms with Crippen LogP contribution in [-0.4, -0.2) is 19.3 Å². The van der Waals surface area contributed by atoms with Gasteiger partial charge < -0.3 is 14.6 Å². The summed E-state index contributed by atoms with van der Waals surface area (Å²) in [5.74, 6) is 1.25. The van der Waals surface area contributed by atoms with Crippen LogP contribution in [0.5, 0.6) is 11.5 Å². The molecule has 0 aliphatic rings. The second kappa shape index (κ2) is 6.37. The largest absolute Gasteiger partial charge is 0.496 e. The van der Waals surface area contributed by atoms with Crippen LogP contribution in [0, 0.1) is 13.8 Å². The van der Waals surface area contributed by atoms with Gasteiger partial charge in [0.2, 0.25) is 0 Å². The van der Waals surface area contributed by atoms with Crippen molar-refractivity contribution in [3.63, 3.8) is 0 Å². The number of aliphatic hydroxyl groups excluding tert-OH is 1. The first-order chi connectivity index (χ1) is 9.99. The van der Waals surface area contributed by atoms with Crippen LogP contribution in [0.25, 0.3) is 0 Å². The van der Waals surface area contributed by atoms with Gasteiger partial charge in [-0.25, -0.2) is 0 Å². The number of hydrogen-bond acceptors (Lipinski definition) is 3. The minimum absolute atomic E-state index is 0.551. The number of aryl methyl sites for hydroxylation is 1. The minimum Gasteiger partial charge on any atom is -0.496 e. The predicted molar refractivity (Wildman–Crippen MR) is 84.5 cm³/mol. The van der Waals surface area contributed by atoms with E-state index in [9.17, 15) is 5.11 Å². The van der Waals surface area contributed by atoms with Crippen LogP contribution in [0.3, 0.4) is 0 Å². The van der Waals surface area contributed by atoms with Gasteiger partial charge in [0.15, 0.2) is 0 Å². The molecular weight excluding hydrogens is 288 g/mol. The molecule has 21 heavy (non-hydrogen) atoms. The van der Waals surface area contributed by atoms with Crippen LogP contribution in [-0.2, 0) is 0 Å². The van der Waals surface area contributed by atoms with Crippen molar-refractivity contribution in [3.05, 3.63) is 57.6 Å². The maximum atomic E-state index is 10.7. The van der Waals surface area contributed by atoms with Crippen molar-refractivity contribution >= 4 is 11.6 Å². The molecule has 0 saturated carbocycles. The Hall–Kier alpha value is -1.71. The Kier molecular flexibility index (Phi) is 4.76. The zero-order chi connectivity index (χ0) is 15.6. The summed E-state index contributed by atoms with van der Waals surface area (Å²) in [6.07, 6.45) is -0.841. The summed E-state index contributed by atoms with van der Waals surface area (Å²) < 4.78 is 10.8. The zero-order valence-electron chi connectivity index (χ0n) is 12.6. The second-order valence-corrected chi connectivity index (χ2v) is 5.36. The van der Waals surface area contributed by atoms with Crippen molar-refractivity contribution in [3.8, 4) is 11.5 Å². The maximum Gasteiger partial charge on any atom is 0.128 e. The normalized spacial score (nSPS) is 12.1. The number of aliphatic hydroxyl groups is 1. The molecule has 112 valence electrons. The molecule has 1 unspecified atom stereocenters. The summed E-state index contributed by atoms with van der Waals surface area (Å²) >= 11 is 5.96. The third-order valence-electron chi connectivity index (χ3n) is 3.70. The SMILES string of the molecule is COc1cc(Cl)ccc1C(O)c1ccc(C)c(C)c1OC. The topological polar surface area (TPSA) is 38.7 Å². The quantitative estimate of drug-likeness (QED) is 0.926. The van der Waals surface area contributed by atoms with Crippen LogP contribution in [0.1, 0.15) is 28.4 Å². The van der Waals surface area contributed by atoms with E-state index < -0.39 is 6.10 Å².